The Balaban J connectivity index is 1.13. The molecule has 1 unspecified atom stereocenters. The van der Waals surface area contributed by atoms with Gasteiger partial charge in [0.1, 0.15) is 6.23 Å². The van der Waals surface area contributed by atoms with Gasteiger partial charge in [0.15, 0.2) is 5.69 Å². The molecular formula is C37H48ClN5O7. The van der Waals surface area contributed by atoms with Crippen molar-refractivity contribution in [3.8, 4) is 0 Å². The van der Waals surface area contributed by atoms with E-state index in [1.54, 1.807) is 38.1 Å². The molecule has 3 aliphatic rings. The van der Waals surface area contributed by atoms with Gasteiger partial charge in [-0.1, -0.05) is 35.9 Å². The van der Waals surface area contributed by atoms with Crippen molar-refractivity contribution in [2.24, 2.45) is 13.0 Å². The number of methoxy groups -OCH3 is 2. The fourth-order valence-electron chi connectivity index (χ4n) is 7.75. The second-order valence-corrected chi connectivity index (χ2v) is 13.9. The zero-order chi connectivity index (χ0) is 35.4. The van der Waals surface area contributed by atoms with Crippen LogP contribution in [0, 0.1) is 5.92 Å². The molecule has 2 aliphatic heterocycles. The maximum Gasteiger partial charge on any atom is 0.308 e. The molecule has 3 aromatic rings. The fraction of sp³-hybridized carbons (Fsp3) is 0.568. The number of aromatic nitrogens is 2. The van der Waals surface area contributed by atoms with E-state index in [1.165, 1.54) is 0 Å². The lowest BCUT2D eigenvalue weighted by atomic mass is 9.87. The molecule has 6 rings (SSSR count). The maximum absolute atomic E-state index is 14.0. The smallest absolute Gasteiger partial charge is 0.308 e. The van der Waals surface area contributed by atoms with Crippen LogP contribution in [-0.4, -0.2) is 108 Å². The Morgan fingerprint density at radius 3 is 2.40 bits per heavy atom. The van der Waals surface area contributed by atoms with E-state index < -0.39 is 0 Å². The van der Waals surface area contributed by atoms with Crippen molar-refractivity contribution in [2.75, 3.05) is 45.8 Å². The average molecular weight is 710 g/mol. The van der Waals surface area contributed by atoms with Crippen molar-refractivity contribution in [3.63, 3.8) is 0 Å². The van der Waals surface area contributed by atoms with Crippen LogP contribution in [0.1, 0.15) is 61.5 Å². The Morgan fingerprint density at radius 1 is 1.00 bits per heavy atom. The first-order valence-electron chi connectivity index (χ1n) is 17.6. The largest absolute Gasteiger partial charge is 0.466 e. The summed E-state index contributed by atoms with van der Waals surface area (Å²) in [6, 6.07) is 12.7. The van der Waals surface area contributed by atoms with Crippen LogP contribution >= 0.6 is 11.6 Å². The van der Waals surface area contributed by atoms with Gasteiger partial charge in [0.2, 0.25) is 5.91 Å². The van der Waals surface area contributed by atoms with Gasteiger partial charge in [0.05, 0.1) is 59.5 Å². The Morgan fingerprint density at radius 2 is 1.72 bits per heavy atom. The number of carbonyl (C=O) groups is 3. The summed E-state index contributed by atoms with van der Waals surface area (Å²) in [5.41, 5.74) is 2.37. The molecule has 3 fully saturated rings. The highest BCUT2D eigenvalue weighted by molar-refractivity contribution is 6.34. The van der Waals surface area contributed by atoms with Gasteiger partial charge < -0.3 is 29.2 Å². The highest BCUT2D eigenvalue weighted by atomic mass is 35.5. The number of halogens is 1. The molecule has 2 amide bonds. The summed E-state index contributed by atoms with van der Waals surface area (Å²) in [4.78, 5) is 43.7. The molecule has 1 aliphatic carbocycles. The predicted molar refractivity (Wildman–Crippen MR) is 189 cm³/mol. The minimum atomic E-state index is -0.360. The third kappa shape index (κ3) is 7.84. The minimum Gasteiger partial charge on any atom is -0.466 e. The first-order chi connectivity index (χ1) is 24.2. The van der Waals surface area contributed by atoms with E-state index in [2.05, 4.69) is 15.3 Å². The molecule has 1 aromatic heterocycles. The Labute approximate surface area is 298 Å². The number of nitrogens with zero attached hydrogens (tertiary/aromatic N) is 4. The van der Waals surface area contributed by atoms with E-state index in [-0.39, 0.29) is 60.7 Å². The summed E-state index contributed by atoms with van der Waals surface area (Å²) in [6.07, 6.45) is 4.23. The van der Waals surface area contributed by atoms with Gasteiger partial charge in [-0.05, 0) is 69.2 Å². The monoisotopic (exact) mass is 709 g/mol. The average Bonchev–Trinajstić information content (AvgIpc) is 3.86. The van der Waals surface area contributed by atoms with E-state index in [0.29, 0.717) is 42.6 Å². The quantitative estimate of drug-likeness (QED) is 0.264. The van der Waals surface area contributed by atoms with Crippen LogP contribution in [-0.2, 0) is 42.0 Å². The van der Waals surface area contributed by atoms with Crippen LogP contribution in [0.5, 0.6) is 0 Å². The lowest BCUT2D eigenvalue weighted by molar-refractivity contribution is -0.160. The summed E-state index contributed by atoms with van der Waals surface area (Å²) >= 11 is 6.66. The van der Waals surface area contributed by atoms with Crippen LogP contribution in [0.15, 0.2) is 42.5 Å². The topological polar surface area (TPSA) is 124 Å². The maximum atomic E-state index is 14.0. The van der Waals surface area contributed by atoms with E-state index >= 15 is 0 Å². The first-order valence-corrected chi connectivity index (χ1v) is 18.0. The van der Waals surface area contributed by atoms with E-state index in [9.17, 15) is 14.4 Å². The van der Waals surface area contributed by atoms with E-state index in [4.69, 9.17) is 30.5 Å². The van der Waals surface area contributed by atoms with Crippen LogP contribution in [0.2, 0.25) is 5.02 Å². The number of amides is 2. The lowest BCUT2D eigenvalue weighted by Gasteiger charge is -2.40. The van der Waals surface area contributed by atoms with Crippen LogP contribution < -0.4 is 5.32 Å². The number of fused-ring (bicyclic) bond motifs is 1. The number of esters is 1. The van der Waals surface area contributed by atoms with Crippen molar-refractivity contribution in [1.82, 2.24) is 19.6 Å². The molecule has 1 N–H and O–H groups in total. The zero-order valence-corrected chi connectivity index (χ0v) is 30.1. The molecule has 3 heterocycles. The Kier molecular flexibility index (Phi) is 11.7. The summed E-state index contributed by atoms with van der Waals surface area (Å²) in [5.74, 6) is -0.591. The van der Waals surface area contributed by atoms with Gasteiger partial charge in [-0.2, -0.15) is 5.10 Å². The van der Waals surface area contributed by atoms with E-state index in [1.807, 2.05) is 42.2 Å². The lowest BCUT2D eigenvalue weighted by Crippen LogP contribution is -2.53. The molecule has 0 bridgehead atoms. The third-order valence-corrected chi connectivity index (χ3v) is 10.7. The van der Waals surface area contributed by atoms with Crippen molar-refractivity contribution in [2.45, 2.75) is 82.5 Å². The van der Waals surface area contributed by atoms with Crippen molar-refractivity contribution < 1.29 is 33.3 Å². The SMILES string of the molecule is CCOC(=O)C1CCC(OC([C@@H]2CCCN2C(=O)Cc2ccc(NC(=O)c3nn(C)c4ccccc34)c(Cl)c2)N2C[C@H](OC)[C@H](OC)C2)CC1. The summed E-state index contributed by atoms with van der Waals surface area (Å²) in [6.45, 7) is 4.11. The van der Waals surface area contributed by atoms with Crippen LogP contribution in [0.3, 0.4) is 0 Å². The number of para-hydroxylation sites is 1. The van der Waals surface area contributed by atoms with Crippen LogP contribution in [0.25, 0.3) is 10.9 Å². The van der Waals surface area contributed by atoms with Gasteiger partial charge in [0, 0.05) is 46.3 Å². The normalized spacial score (nSPS) is 24.8. The number of hydrogen-bond acceptors (Lipinski definition) is 9. The predicted octanol–water partition coefficient (Wildman–Crippen LogP) is 4.82. The highest BCUT2D eigenvalue weighted by Gasteiger charge is 2.45. The van der Waals surface area contributed by atoms with E-state index in [0.717, 1.165) is 55.0 Å². The molecule has 0 spiro atoms. The molecule has 2 saturated heterocycles. The number of anilines is 1. The zero-order valence-electron chi connectivity index (χ0n) is 29.3. The van der Waals surface area contributed by atoms with Gasteiger partial charge in [0.25, 0.3) is 5.91 Å². The van der Waals surface area contributed by atoms with Gasteiger partial charge in [-0.25, -0.2) is 0 Å². The Bertz CT molecular complexity index is 1660. The number of nitrogens with one attached hydrogen (secondary N) is 1. The summed E-state index contributed by atoms with van der Waals surface area (Å²) in [5, 5.41) is 8.38. The van der Waals surface area contributed by atoms with Crippen molar-refractivity contribution in [3.05, 3.63) is 58.7 Å². The van der Waals surface area contributed by atoms with Crippen molar-refractivity contribution >= 4 is 46.0 Å². The molecule has 0 radical (unpaired) electrons. The first kappa shape index (κ1) is 36.2. The number of ether oxygens (including phenoxy) is 4. The molecular weight excluding hydrogens is 662 g/mol. The third-order valence-electron chi connectivity index (χ3n) is 10.4. The van der Waals surface area contributed by atoms with Crippen LogP contribution in [0.4, 0.5) is 5.69 Å². The summed E-state index contributed by atoms with van der Waals surface area (Å²) in [7, 11) is 5.19. The van der Waals surface area contributed by atoms with Gasteiger partial charge in [-0.15, -0.1) is 0 Å². The second kappa shape index (κ2) is 16.2. The molecule has 50 heavy (non-hydrogen) atoms. The fourth-order valence-corrected chi connectivity index (χ4v) is 8.00. The summed E-state index contributed by atoms with van der Waals surface area (Å²) < 4.78 is 25.4. The molecule has 4 atom stereocenters. The standard InChI is InChI=1S/C37H48ClN5O7/c1-5-49-37(46)24-13-15-25(16-14-24)50-36(42-21-31(47-3)32(22-42)48-4)30-11-8-18-43(30)33(44)20-23-12-17-28(27(38)19-23)39-35(45)34-26-9-6-7-10-29(26)41(2)40-34/h6-7,9-10,12,17,19,24-25,30-32,36H,5,8,11,13-16,18,20-22H2,1-4H3,(H,39,45)/t24?,25?,30-,31-,32+,36?/m0/s1. The van der Waals surface area contributed by atoms with Gasteiger partial charge in [-0.3, -0.25) is 24.0 Å². The number of likely N-dealkylation sites (tertiary alicyclic amines) is 2. The highest BCUT2D eigenvalue weighted by Crippen LogP contribution is 2.34. The molecule has 1 saturated carbocycles. The second-order valence-electron chi connectivity index (χ2n) is 13.5. The number of aryl methyl sites for hydroxylation is 1. The number of carbonyl (C=O) groups excluding carboxylic acids is 3. The molecule has 13 heteroatoms. The minimum absolute atomic E-state index is 0.00860. The molecule has 2 aromatic carbocycles. The van der Waals surface area contributed by atoms with Gasteiger partial charge >= 0.3 is 5.97 Å². The molecule has 12 nitrogen and oxygen atoms in total. The number of rotatable bonds is 12. The Hall–Kier alpha value is -3.55. The number of benzene rings is 2. The molecule has 270 valence electrons. The van der Waals surface area contributed by atoms with Crippen molar-refractivity contribution in [1.29, 1.82) is 0 Å². The number of hydrogen-bond donors (Lipinski definition) is 1.